The highest BCUT2D eigenvalue weighted by molar-refractivity contribution is 5.92. The molecule has 0 aliphatic carbocycles. The summed E-state index contributed by atoms with van der Waals surface area (Å²) >= 11 is 0. The van der Waals surface area contributed by atoms with Gasteiger partial charge in [-0.2, -0.15) is 5.10 Å². The number of nitrogens with one attached hydrogen (secondary N) is 1. The lowest BCUT2D eigenvalue weighted by molar-refractivity contribution is 0.0907. The zero-order chi connectivity index (χ0) is 16.1. The molecular weight excluding hydrogens is 278 g/mol. The lowest BCUT2D eigenvalue weighted by atomic mass is 10.1. The van der Waals surface area contributed by atoms with E-state index in [0.29, 0.717) is 12.1 Å². The van der Waals surface area contributed by atoms with Crippen LogP contribution < -0.4 is 5.32 Å². The molecule has 1 aromatic heterocycles. The van der Waals surface area contributed by atoms with Gasteiger partial charge in [0.2, 0.25) is 0 Å². The van der Waals surface area contributed by atoms with E-state index in [1.807, 2.05) is 44.2 Å². The van der Waals surface area contributed by atoms with Crippen LogP contribution in [0.15, 0.2) is 36.4 Å². The van der Waals surface area contributed by atoms with Gasteiger partial charge >= 0.3 is 0 Å². The van der Waals surface area contributed by atoms with Crippen LogP contribution in [0.1, 0.15) is 41.5 Å². The Labute approximate surface area is 131 Å². The Kier molecular flexibility index (Phi) is 5.33. The van der Waals surface area contributed by atoms with Gasteiger partial charge in [-0.15, -0.1) is 0 Å². The number of nitrogens with zero attached hydrogens (tertiary/aromatic N) is 2. The number of aliphatic hydroxyl groups is 1. The van der Waals surface area contributed by atoms with E-state index in [9.17, 15) is 9.90 Å². The molecule has 5 nitrogen and oxygen atoms in total. The number of hydrogen-bond acceptors (Lipinski definition) is 3. The number of rotatable bonds is 6. The molecule has 2 N–H and O–H groups in total. The molecule has 2 rings (SSSR count). The molecule has 0 aliphatic heterocycles. The summed E-state index contributed by atoms with van der Waals surface area (Å²) in [5.41, 5.74) is 2.47. The summed E-state index contributed by atoms with van der Waals surface area (Å²) in [6.45, 7) is 3.97. The Hall–Kier alpha value is -2.14. The molecule has 118 valence electrons. The van der Waals surface area contributed by atoms with Crippen molar-refractivity contribution in [2.45, 2.75) is 32.2 Å². The first-order valence-electron chi connectivity index (χ1n) is 7.50. The van der Waals surface area contributed by atoms with Crippen molar-refractivity contribution in [3.8, 4) is 0 Å². The van der Waals surface area contributed by atoms with Gasteiger partial charge in [0.15, 0.2) is 0 Å². The van der Waals surface area contributed by atoms with Crippen LogP contribution >= 0.6 is 0 Å². The summed E-state index contributed by atoms with van der Waals surface area (Å²) in [5, 5.41) is 16.7. The SMILES string of the molecule is CC(C)c1cc(C(=O)N[C@H](CO)Cc2ccccc2)n(C)n1. The molecule has 1 aromatic carbocycles. The van der Waals surface area contributed by atoms with Crippen LogP contribution in [0.5, 0.6) is 0 Å². The van der Waals surface area contributed by atoms with Crippen molar-refractivity contribution in [1.82, 2.24) is 15.1 Å². The van der Waals surface area contributed by atoms with Crippen LogP contribution in [0.25, 0.3) is 0 Å². The van der Waals surface area contributed by atoms with Crippen LogP contribution in [0, 0.1) is 0 Å². The van der Waals surface area contributed by atoms with Crippen molar-refractivity contribution in [2.75, 3.05) is 6.61 Å². The molecule has 0 spiro atoms. The van der Waals surface area contributed by atoms with Crippen LogP contribution in [0.2, 0.25) is 0 Å². The highest BCUT2D eigenvalue weighted by atomic mass is 16.3. The smallest absolute Gasteiger partial charge is 0.269 e. The molecule has 0 saturated heterocycles. The van der Waals surface area contributed by atoms with Crippen LogP contribution in [0.3, 0.4) is 0 Å². The van der Waals surface area contributed by atoms with Crippen molar-refractivity contribution in [3.63, 3.8) is 0 Å². The lowest BCUT2D eigenvalue weighted by Gasteiger charge is -2.16. The molecule has 0 radical (unpaired) electrons. The highest BCUT2D eigenvalue weighted by Gasteiger charge is 2.18. The van der Waals surface area contributed by atoms with E-state index in [0.717, 1.165) is 11.3 Å². The number of carbonyl (C=O) groups is 1. The van der Waals surface area contributed by atoms with Gasteiger partial charge in [-0.3, -0.25) is 9.48 Å². The number of amides is 1. The number of aliphatic hydroxyl groups excluding tert-OH is 1. The Balaban J connectivity index is 2.06. The van der Waals surface area contributed by atoms with Gasteiger partial charge in [-0.05, 0) is 24.0 Å². The summed E-state index contributed by atoms with van der Waals surface area (Å²) in [6.07, 6.45) is 0.595. The van der Waals surface area contributed by atoms with Crippen LogP contribution in [-0.2, 0) is 13.5 Å². The minimum Gasteiger partial charge on any atom is -0.394 e. The first-order chi connectivity index (χ1) is 10.5. The van der Waals surface area contributed by atoms with E-state index < -0.39 is 0 Å². The summed E-state index contributed by atoms with van der Waals surface area (Å²) in [7, 11) is 1.76. The van der Waals surface area contributed by atoms with E-state index in [1.165, 1.54) is 0 Å². The molecule has 2 aromatic rings. The zero-order valence-electron chi connectivity index (χ0n) is 13.3. The first-order valence-corrected chi connectivity index (χ1v) is 7.50. The zero-order valence-corrected chi connectivity index (χ0v) is 13.3. The normalized spacial score (nSPS) is 12.4. The Morgan fingerprint density at radius 3 is 2.55 bits per heavy atom. The average molecular weight is 301 g/mol. The third kappa shape index (κ3) is 3.95. The molecule has 0 unspecified atom stereocenters. The second kappa shape index (κ2) is 7.22. The first kappa shape index (κ1) is 16.2. The second-order valence-corrected chi connectivity index (χ2v) is 5.78. The average Bonchev–Trinajstić information content (AvgIpc) is 2.90. The Morgan fingerprint density at radius 1 is 1.32 bits per heavy atom. The van der Waals surface area contributed by atoms with Gasteiger partial charge in [0.1, 0.15) is 5.69 Å². The monoisotopic (exact) mass is 301 g/mol. The van der Waals surface area contributed by atoms with E-state index in [4.69, 9.17) is 0 Å². The summed E-state index contributed by atoms with van der Waals surface area (Å²) in [5.74, 6) is 0.0580. The third-order valence-corrected chi connectivity index (χ3v) is 3.60. The molecule has 5 heteroatoms. The van der Waals surface area contributed by atoms with Crippen molar-refractivity contribution >= 4 is 5.91 Å². The number of aromatic nitrogens is 2. The quantitative estimate of drug-likeness (QED) is 0.856. The van der Waals surface area contributed by atoms with E-state index >= 15 is 0 Å². The Bertz CT molecular complexity index is 620. The van der Waals surface area contributed by atoms with E-state index in [1.54, 1.807) is 17.8 Å². The fourth-order valence-electron chi connectivity index (χ4n) is 2.30. The van der Waals surface area contributed by atoms with E-state index in [2.05, 4.69) is 10.4 Å². The van der Waals surface area contributed by atoms with Crippen molar-refractivity contribution < 1.29 is 9.90 Å². The minimum atomic E-state index is -0.313. The van der Waals surface area contributed by atoms with Crippen LogP contribution in [0.4, 0.5) is 0 Å². The molecule has 0 bridgehead atoms. The van der Waals surface area contributed by atoms with Crippen LogP contribution in [-0.4, -0.2) is 33.4 Å². The minimum absolute atomic E-state index is 0.102. The third-order valence-electron chi connectivity index (χ3n) is 3.60. The Morgan fingerprint density at radius 2 is 2.00 bits per heavy atom. The van der Waals surface area contributed by atoms with Gasteiger partial charge in [-0.25, -0.2) is 0 Å². The van der Waals surface area contributed by atoms with Gasteiger partial charge in [0.05, 0.1) is 18.3 Å². The van der Waals surface area contributed by atoms with E-state index in [-0.39, 0.29) is 24.5 Å². The molecule has 1 amide bonds. The number of aryl methyl sites for hydroxylation is 1. The predicted molar refractivity (Wildman–Crippen MR) is 85.8 cm³/mol. The number of carbonyl (C=O) groups excluding carboxylic acids is 1. The summed E-state index contributed by atoms with van der Waals surface area (Å²) in [6, 6.07) is 11.3. The molecular formula is C17H23N3O2. The van der Waals surface area contributed by atoms with Crippen molar-refractivity contribution in [3.05, 3.63) is 53.3 Å². The second-order valence-electron chi connectivity index (χ2n) is 5.78. The molecule has 1 atom stereocenters. The molecule has 22 heavy (non-hydrogen) atoms. The predicted octanol–water partition coefficient (Wildman–Crippen LogP) is 1.88. The van der Waals surface area contributed by atoms with Gasteiger partial charge in [0, 0.05) is 7.05 Å². The van der Waals surface area contributed by atoms with Gasteiger partial charge in [0.25, 0.3) is 5.91 Å². The molecule has 1 heterocycles. The standard InChI is InChI=1S/C17H23N3O2/c1-12(2)15-10-16(20(3)19-15)17(22)18-14(11-21)9-13-7-5-4-6-8-13/h4-8,10,12,14,21H,9,11H2,1-3H3,(H,18,22)/t14-/m0/s1. The fourth-order valence-corrected chi connectivity index (χ4v) is 2.30. The highest BCUT2D eigenvalue weighted by Crippen LogP contribution is 2.14. The van der Waals surface area contributed by atoms with Crippen molar-refractivity contribution in [1.29, 1.82) is 0 Å². The maximum atomic E-state index is 12.4. The molecule has 0 saturated carbocycles. The van der Waals surface area contributed by atoms with Gasteiger partial charge < -0.3 is 10.4 Å². The van der Waals surface area contributed by atoms with Crippen molar-refractivity contribution in [2.24, 2.45) is 7.05 Å². The number of hydrogen-bond donors (Lipinski definition) is 2. The summed E-state index contributed by atoms with van der Waals surface area (Å²) in [4.78, 5) is 12.4. The molecule has 0 aliphatic rings. The summed E-state index contributed by atoms with van der Waals surface area (Å²) < 4.78 is 1.58. The fraction of sp³-hybridized carbons (Fsp3) is 0.412. The van der Waals surface area contributed by atoms with Gasteiger partial charge in [-0.1, -0.05) is 44.2 Å². The molecule has 0 fully saturated rings. The maximum absolute atomic E-state index is 12.4. The lowest BCUT2D eigenvalue weighted by Crippen LogP contribution is -2.39. The topological polar surface area (TPSA) is 67.2 Å². The number of benzene rings is 1. The maximum Gasteiger partial charge on any atom is 0.269 e. The largest absolute Gasteiger partial charge is 0.394 e.